The summed E-state index contributed by atoms with van der Waals surface area (Å²) in [7, 11) is 0. The van der Waals surface area contributed by atoms with Crippen LogP contribution in [0.2, 0.25) is 0 Å². The Hall–Kier alpha value is -2.54. The third kappa shape index (κ3) is 3.93. The standard InChI is InChI=1S/C26H28O/c1-3-5-14-27-26-13-12-24-17-23(10-11-25(24)18-26)22-9-8-20-15-19(4-2)6-7-21(20)16-22/h3,5-9,12-13,15-16,18,23H,4,10-11,14,17H2,1-2H3. The number of rotatable bonds is 5. The van der Waals surface area contributed by atoms with Gasteiger partial charge >= 0.3 is 0 Å². The molecule has 0 amide bonds. The molecule has 138 valence electrons. The monoisotopic (exact) mass is 356 g/mol. The highest BCUT2D eigenvalue weighted by molar-refractivity contribution is 5.84. The van der Waals surface area contributed by atoms with Gasteiger partial charge in [-0.05, 0) is 83.7 Å². The van der Waals surface area contributed by atoms with Crippen molar-refractivity contribution in [3.05, 3.63) is 89.0 Å². The highest BCUT2D eigenvalue weighted by Crippen LogP contribution is 2.35. The van der Waals surface area contributed by atoms with Crippen molar-refractivity contribution in [3.63, 3.8) is 0 Å². The maximum Gasteiger partial charge on any atom is 0.120 e. The van der Waals surface area contributed by atoms with Crippen LogP contribution in [0.5, 0.6) is 5.75 Å². The Morgan fingerprint density at radius 3 is 2.67 bits per heavy atom. The largest absolute Gasteiger partial charge is 0.490 e. The third-order valence-corrected chi connectivity index (χ3v) is 5.80. The molecule has 0 saturated heterocycles. The third-order valence-electron chi connectivity index (χ3n) is 5.80. The first-order valence-electron chi connectivity index (χ1n) is 10.1. The smallest absolute Gasteiger partial charge is 0.120 e. The van der Waals surface area contributed by atoms with E-state index >= 15 is 0 Å². The predicted molar refractivity (Wildman–Crippen MR) is 115 cm³/mol. The molecular weight excluding hydrogens is 328 g/mol. The van der Waals surface area contributed by atoms with Gasteiger partial charge in [0.05, 0.1) is 0 Å². The second-order valence-electron chi connectivity index (χ2n) is 7.54. The van der Waals surface area contributed by atoms with Crippen LogP contribution in [0.25, 0.3) is 10.8 Å². The van der Waals surface area contributed by atoms with Gasteiger partial charge in [0.1, 0.15) is 12.4 Å². The molecule has 1 aliphatic carbocycles. The minimum absolute atomic E-state index is 0.613. The molecule has 0 saturated carbocycles. The first-order valence-corrected chi connectivity index (χ1v) is 10.1. The van der Waals surface area contributed by atoms with Crippen molar-refractivity contribution in [2.75, 3.05) is 6.61 Å². The van der Waals surface area contributed by atoms with Crippen LogP contribution in [0.3, 0.4) is 0 Å². The van der Waals surface area contributed by atoms with Crippen LogP contribution in [0.15, 0.2) is 66.7 Å². The lowest BCUT2D eigenvalue weighted by Crippen LogP contribution is -2.13. The van der Waals surface area contributed by atoms with E-state index in [-0.39, 0.29) is 0 Å². The number of ether oxygens (including phenoxy) is 1. The summed E-state index contributed by atoms with van der Waals surface area (Å²) in [6.45, 7) is 4.88. The maximum atomic E-state index is 5.80. The number of hydrogen-bond acceptors (Lipinski definition) is 1. The second-order valence-corrected chi connectivity index (χ2v) is 7.54. The van der Waals surface area contributed by atoms with E-state index in [1.54, 1.807) is 0 Å². The summed E-state index contributed by atoms with van der Waals surface area (Å²) < 4.78 is 5.80. The zero-order valence-electron chi connectivity index (χ0n) is 16.4. The van der Waals surface area contributed by atoms with E-state index in [9.17, 15) is 0 Å². The van der Waals surface area contributed by atoms with Gasteiger partial charge in [0.15, 0.2) is 0 Å². The van der Waals surface area contributed by atoms with Crippen LogP contribution < -0.4 is 4.74 Å². The van der Waals surface area contributed by atoms with E-state index in [1.807, 2.05) is 19.1 Å². The normalized spacial score (nSPS) is 16.6. The van der Waals surface area contributed by atoms with Gasteiger partial charge in [-0.2, -0.15) is 0 Å². The second kappa shape index (κ2) is 8.00. The Morgan fingerprint density at radius 1 is 0.963 bits per heavy atom. The van der Waals surface area contributed by atoms with Gasteiger partial charge in [0.2, 0.25) is 0 Å². The molecule has 3 aromatic rings. The van der Waals surface area contributed by atoms with Gasteiger partial charge in [-0.25, -0.2) is 0 Å². The van der Waals surface area contributed by atoms with Crippen molar-refractivity contribution in [1.29, 1.82) is 0 Å². The van der Waals surface area contributed by atoms with Gasteiger partial charge < -0.3 is 4.74 Å². The van der Waals surface area contributed by atoms with Crippen LogP contribution >= 0.6 is 0 Å². The summed E-state index contributed by atoms with van der Waals surface area (Å²) in [6.07, 6.45) is 8.63. The van der Waals surface area contributed by atoms with Gasteiger partial charge in [-0.3, -0.25) is 0 Å². The van der Waals surface area contributed by atoms with Crippen LogP contribution in [0.1, 0.15) is 48.4 Å². The van der Waals surface area contributed by atoms with Crippen molar-refractivity contribution in [2.24, 2.45) is 0 Å². The van der Waals surface area contributed by atoms with Crippen LogP contribution in [-0.4, -0.2) is 6.61 Å². The van der Waals surface area contributed by atoms with E-state index in [0.29, 0.717) is 12.5 Å². The van der Waals surface area contributed by atoms with Crippen LogP contribution in [-0.2, 0) is 19.3 Å². The Kier molecular flexibility index (Phi) is 5.29. The highest BCUT2D eigenvalue weighted by Gasteiger charge is 2.20. The molecule has 1 heteroatoms. The lowest BCUT2D eigenvalue weighted by atomic mass is 9.79. The minimum Gasteiger partial charge on any atom is -0.490 e. The molecule has 4 rings (SSSR count). The number of benzene rings is 3. The fourth-order valence-electron chi connectivity index (χ4n) is 4.13. The molecule has 1 nitrogen and oxygen atoms in total. The molecule has 0 spiro atoms. The Bertz CT molecular complexity index is 967. The molecule has 0 aliphatic heterocycles. The maximum absolute atomic E-state index is 5.80. The SMILES string of the molecule is CC=CCOc1ccc2c(c1)CCC(c1ccc3cc(CC)ccc3c1)C2. The van der Waals surface area contributed by atoms with E-state index in [4.69, 9.17) is 4.74 Å². The number of allylic oxidation sites excluding steroid dienone is 1. The molecule has 0 aromatic heterocycles. The van der Waals surface area contributed by atoms with Gasteiger partial charge in [-0.15, -0.1) is 0 Å². The topological polar surface area (TPSA) is 9.23 Å². The average Bonchev–Trinajstić information content (AvgIpc) is 2.72. The lowest BCUT2D eigenvalue weighted by Gasteiger charge is -2.26. The molecule has 1 unspecified atom stereocenters. The summed E-state index contributed by atoms with van der Waals surface area (Å²) in [4.78, 5) is 0. The van der Waals surface area contributed by atoms with Gasteiger partial charge in [0, 0.05) is 0 Å². The zero-order chi connectivity index (χ0) is 18.6. The van der Waals surface area contributed by atoms with Crippen molar-refractivity contribution < 1.29 is 4.74 Å². The van der Waals surface area contributed by atoms with Crippen molar-refractivity contribution in [3.8, 4) is 5.75 Å². The molecule has 0 fully saturated rings. The lowest BCUT2D eigenvalue weighted by molar-refractivity contribution is 0.361. The Balaban J connectivity index is 1.53. The van der Waals surface area contributed by atoms with Crippen molar-refractivity contribution >= 4 is 10.8 Å². The predicted octanol–water partition coefficient (Wildman–Crippen LogP) is 6.63. The molecule has 0 N–H and O–H groups in total. The van der Waals surface area contributed by atoms with E-state index in [0.717, 1.165) is 25.0 Å². The molecule has 1 atom stereocenters. The first-order chi connectivity index (χ1) is 13.3. The number of aryl methyl sites for hydroxylation is 2. The summed E-state index contributed by atoms with van der Waals surface area (Å²) in [6, 6.07) is 20.5. The van der Waals surface area contributed by atoms with Crippen molar-refractivity contribution in [2.45, 2.75) is 45.4 Å². The molecule has 1 aliphatic rings. The highest BCUT2D eigenvalue weighted by atomic mass is 16.5. The van der Waals surface area contributed by atoms with Gasteiger partial charge in [0.25, 0.3) is 0 Å². The number of hydrogen-bond donors (Lipinski definition) is 0. The molecule has 3 aromatic carbocycles. The van der Waals surface area contributed by atoms with E-state index < -0.39 is 0 Å². The fourth-order valence-corrected chi connectivity index (χ4v) is 4.13. The molecule has 0 heterocycles. The Morgan fingerprint density at radius 2 is 1.81 bits per heavy atom. The summed E-state index contributed by atoms with van der Waals surface area (Å²) >= 11 is 0. The quantitative estimate of drug-likeness (QED) is 0.466. The molecule has 0 bridgehead atoms. The summed E-state index contributed by atoms with van der Waals surface area (Å²) in [5, 5.41) is 2.72. The minimum atomic E-state index is 0.613. The van der Waals surface area contributed by atoms with E-state index in [2.05, 4.69) is 61.5 Å². The van der Waals surface area contributed by atoms with Gasteiger partial charge in [-0.1, -0.05) is 61.5 Å². The summed E-state index contributed by atoms with van der Waals surface area (Å²) in [5.41, 5.74) is 5.82. The molecule has 0 radical (unpaired) electrons. The van der Waals surface area contributed by atoms with Crippen molar-refractivity contribution in [1.82, 2.24) is 0 Å². The fraction of sp³-hybridized carbons (Fsp3) is 0.308. The van der Waals surface area contributed by atoms with Crippen LogP contribution in [0, 0.1) is 0 Å². The molecule has 27 heavy (non-hydrogen) atoms. The molecular formula is C26H28O. The van der Waals surface area contributed by atoms with Crippen LogP contribution in [0.4, 0.5) is 0 Å². The Labute approximate surface area is 162 Å². The average molecular weight is 357 g/mol. The zero-order valence-corrected chi connectivity index (χ0v) is 16.4. The number of fused-ring (bicyclic) bond motifs is 2. The summed E-state index contributed by atoms with van der Waals surface area (Å²) in [5.74, 6) is 1.60. The first kappa shape index (κ1) is 17.9. The van der Waals surface area contributed by atoms with E-state index in [1.165, 1.54) is 39.4 Å².